The summed E-state index contributed by atoms with van der Waals surface area (Å²) in [6.07, 6.45) is 18.3. The van der Waals surface area contributed by atoms with Gasteiger partial charge in [0.1, 0.15) is 0 Å². The van der Waals surface area contributed by atoms with Gasteiger partial charge in [0.05, 0.1) is 5.56 Å². The summed E-state index contributed by atoms with van der Waals surface area (Å²) >= 11 is 0. The third kappa shape index (κ3) is 15.2. The Kier molecular flexibility index (Phi) is 16.9. The molecule has 0 aliphatic rings. The summed E-state index contributed by atoms with van der Waals surface area (Å²) in [4.78, 5) is 11.2. The van der Waals surface area contributed by atoms with Gasteiger partial charge in [0.15, 0.2) is 0 Å². The summed E-state index contributed by atoms with van der Waals surface area (Å²) < 4.78 is 2.34. The van der Waals surface area contributed by atoms with Crippen molar-refractivity contribution in [3.63, 3.8) is 0 Å². The fraction of sp³-hybridized carbons (Fsp3) is 0.439. The van der Waals surface area contributed by atoms with E-state index in [1.165, 1.54) is 46.0 Å². The highest BCUT2D eigenvalue weighted by molar-refractivity contribution is 5.94. The maximum absolute atomic E-state index is 11.2. The summed E-state index contributed by atoms with van der Waals surface area (Å²) in [5, 5.41) is 13.7. The number of allylic oxidation sites excluding steroid dienone is 7. The van der Waals surface area contributed by atoms with E-state index >= 15 is 0 Å². The molecule has 2 N–H and O–H groups in total. The Morgan fingerprint density at radius 3 is 1.89 bits per heavy atom. The number of anilines is 1. The highest BCUT2D eigenvalue weighted by atomic mass is 16.4. The van der Waals surface area contributed by atoms with Crippen LogP contribution in [0.25, 0.3) is 10.9 Å². The fourth-order valence-electron chi connectivity index (χ4n) is 4.91. The zero-order chi connectivity index (χ0) is 33.2. The van der Waals surface area contributed by atoms with Crippen LogP contribution in [0.15, 0.2) is 107 Å². The minimum absolute atomic E-state index is 0.313. The first-order valence-electron chi connectivity index (χ1n) is 16.7. The first kappa shape index (κ1) is 37.4. The van der Waals surface area contributed by atoms with Crippen molar-refractivity contribution < 1.29 is 9.90 Å². The molecule has 3 rings (SSSR count). The Bertz CT molecular complexity index is 1450. The molecule has 0 saturated heterocycles. The van der Waals surface area contributed by atoms with Crippen LogP contribution in [-0.2, 0) is 6.54 Å². The van der Waals surface area contributed by atoms with Crippen molar-refractivity contribution in [3.05, 3.63) is 113 Å². The Balaban J connectivity index is 0.000000314. The van der Waals surface area contributed by atoms with E-state index in [2.05, 4.69) is 126 Å². The molecule has 1 aromatic heterocycles. The van der Waals surface area contributed by atoms with Gasteiger partial charge in [-0.05, 0) is 108 Å². The van der Waals surface area contributed by atoms with Crippen LogP contribution in [-0.4, -0.2) is 22.2 Å². The van der Waals surface area contributed by atoms with Gasteiger partial charge in [-0.3, -0.25) is 0 Å². The highest BCUT2D eigenvalue weighted by Gasteiger charge is 2.08. The first-order valence-corrected chi connectivity index (χ1v) is 16.7. The van der Waals surface area contributed by atoms with Crippen molar-refractivity contribution in [1.82, 2.24) is 4.57 Å². The molecule has 244 valence electrons. The van der Waals surface area contributed by atoms with Gasteiger partial charge in [-0.15, -0.1) is 0 Å². The summed E-state index contributed by atoms with van der Waals surface area (Å²) in [5.74, 6) is 0.565. The number of fused-ring (bicyclic) bond motifs is 1. The Morgan fingerprint density at radius 2 is 1.29 bits per heavy atom. The molecule has 2 aromatic carbocycles. The Hall–Kier alpha value is -3.79. The van der Waals surface area contributed by atoms with Crippen molar-refractivity contribution >= 4 is 22.6 Å². The monoisotopic (exact) mass is 610 g/mol. The number of hydrogen-bond donors (Lipinski definition) is 2. The van der Waals surface area contributed by atoms with Crippen LogP contribution in [0.3, 0.4) is 0 Å². The van der Waals surface area contributed by atoms with E-state index in [1.54, 1.807) is 18.2 Å². The maximum Gasteiger partial charge on any atom is 0.337 e. The predicted octanol–water partition coefficient (Wildman–Crippen LogP) is 11.9. The second-order valence-corrected chi connectivity index (χ2v) is 13.2. The van der Waals surface area contributed by atoms with Crippen LogP contribution in [0.1, 0.15) is 104 Å². The SMILES string of the molecule is C/C(=C\CC(C)C)CC/C=C(\C)CNc1ccccc1C(=O)O.C/C(=C\CC(C)C)CC/C=C(\C)Cn1ccc2ccccc21. The second-order valence-electron chi connectivity index (χ2n) is 13.2. The van der Waals surface area contributed by atoms with E-state index < -0.39 is 5.97 Å². The van der Waals surface area contributed by atoms with E-state index in [1.807, 2.05) is 6.07 Å². The standard InChI is InChI=1S/C21H29N.C20H29NO2/c1-17(2)12-13-18(3)8-7-9-19(4)16-22-15-14-20-10-5-6-11-21(20)22;1-15(2)12-13-16(3)8-7-9-17(4)14-21-19-11-6-5-10-18(19)20(22)23/h5-6,9-11,13-15,17H,7-8,12,16H2,1-4H3;5-6,9-11,13,15,21H,7-8,12,14H2,1-4H3,(H,22,23)/b18-13+,19-9+;16-13+,17-9+. The Morgan fingerprint density at radius 1 is 0.733 bits per heavy atom. The number of para-hydroxylation sites is 2. The Labute approximate surface area is 273 Å². The molecule has 0 atom stereocenters. The molecule has 0 spiro atoms. The lowest BCUT2D eigenvalue weighted by atomic mass is 10.0. The van der Waals surface area contributed by atoms with Gasteiger partial charge in [0, 0.05) is 30.5 Å². The molecule has 0 aliphatic carbocycles. The minimum Gasteiger partial charge on any atom is -0.478 e. The van der Waals surface area contributed by atoms with Gasteiger partial charge in [-0.25, -0.2) is 4.79 Å². The molecule has 0 unspecified atom stereocenters. The summed E-state index contributed by atoms with van der Waals surface area (Å²) in [7, 11) is 0. The van der Waals surface area contributed by atoms with Gasteiger partial charge in [0.2, 0.25) is 0 Å². The molecule has 0 bridgehead atoms. The van der Waals surface area contributed by atoms with Crippen LogP contribution in [0.5, 0.6) is 0 Å². The van der Waals surface area contributed by atoms with Crippen molar-refractivity contribution in [2.75, 3.05) is 11.9 Å². The van der Waals surface area contributed by atoms with Crippen LogP contribution < -0.4 is 5.32 Å². The minimum atomic E-state index is -0.902. The van der Waals surface area contributed by atoms with Gasteiger partial charge < -0.3 is 15.0 Å². The van der Waals surface area contributed by atoms with E-state index in [9.17, 15) is 4.79 Å². The van der Waals surface area contributed by atoms with Crippen LogP contribution in [0.2, 0.25) is 0 Å². The smallest absolute Gasteiger partial charge is 0.337 e. The highest BCUT2D eigenvalue weighted by Crippen LogP contribution is 2.18. The summed E-state index contributed by atoms with van der Waals surface area (Å²) in [6.45, 7) is 19.4. The lowest BCUT2D eigenvalue weighted by molar-refractivity contribution is 0.0698. The normalized spacial score (nSPS) is 12.9. The zero-order valence-corrected chi connectivity index (χ0v) is 29.2. The largest absolute Gasteiger partial charge is 0.478 e. The van der Waals surface area contributed by atoms with Crippen molar-refractivity contribution in [3.8, 4) is 0 Å². The molecule has 1 heterocycles. The topological polar surface area (TPSA) is 54.3 Å². The van der Waals surface area contributed by atoms with Gasteiger partial charge in [0.25, 0.3) is 0 Å². The van der Waals surface area contributed by atoms with Crippen LogP contribution in [0, 0.1) is 11.8 Å². The molecule has 4 heteroatoms. The van der Waals surface area contributed by atoms with Crippen molar-refractivity contribution in [2.45, 2.75) is 100 Å². The molecular formula is C41H58N2O2. The van der Waals surface area contributed by atoms with Crippen LogP contribution >= 0.6 is 0 Å². The fourth-order valence-corrected chi connectivity index (χ4v) is 4.91. The number of nitrogens with zero attached hydrogens (tertiary/aromatic N) is 1. The predicted molar refractivity (Wildman–Crippen MR) is 196 cm³/mol. The van der Waals surface area contributed by atoms with E-state index in [0.717, 1.165) is 38.1 Å². The lowest BCUT2D eigenvalue weighted by Gasteiger charge is -2.10. The molecule has 0 fully saturated rings. The summed E-state index contributed by atoms with van der Waals surface area (Å²) in [6, 6.07) is 17.8. The molecule has 4 nitrogen and oxygen atoms in total. The number of carbonyl (C=O) groups is 1. The number of rotatable bonds is 16. The summed E-state index contributed by atoms with van der Waals surface area (Å²) in [5.41, 5.74) is 7.92. The molecule has 45 heavy (non-hydrogen) atoms. The number of carboxylic acids is 1. The van der Waals surface area contributed by atoms with Crippen molar-refractivity contribution in [1.29, 1.82) is 0 Å². The number of carboxylic acid groups (broad SMARTS) is 1. The molecular weight excluding hydrogens is 552 g/mol. The quantitative estimate of drug-likeness (QED) is 0.159. The first-order chi connectivity index (χ1) is 21.5. The number of aromatic carboxylic acids is 1. The number of hydrogen-bond acceptors (Lipinski definition) is 2. The van der Waals surface area contributed by atoms with Gasteiger partial charge >= 0.3 is 5.97 Å². The molecule has 0 radical (unpaired) electrons. The molecule has 0 amide bonds. The number of benzene rings is 2. The maximum atomic E-state index is 11.2. The zero-order valence-electron chi connectivity index (χ0n) is 29.2. The van der Waals surface area contributed by atoms with Gasteiger partial charge in [-0.1, -0.05) is 105 Å². The van der Waals surface area contributed by atoms with E-state index in [0.29, 0.717) is 23.7 Å². The molecule has 0 saturated carbocycles. The third-order valence-electron chi connectivity index (χ3n) is 7.75. The number of nitrogens with one attached hydrogen (secondary N) is 1. The average molecular weight is 611 g/mol. The van der Waals surface area contributed by atoms with Crippen molar-refractivity contribution in [2.24, 2.45) is 11.8 Å². The second kappa shape index (κ2) is 20.3. The van der Waals surface area contributed by atoms with Crippen LogP contribution in [0.4, 0.5) is 5.69 Å². The lowest BCUT2D eigenvalue weighted by Crippen LogP contribution is -2.08. The molecule has 0 aliphatic heterocycles. The third-order valence-corrected chi connectivity index (χ3v) is 7.75. The van der Waals surface area contributed by atoms with E-state index in [-0.39, 0.29) is 0 Å². The van der Waals surface area contributed by atoms with E-state index in [4.69, 9.17) is 5.11 Å². The number of aromatic nitrogens is 1. The van der Waals surface area contributed by atoms with Gasteiger partial charge in [-0.2, -0.15) is 0 Å². The molecule has 3 aromatic rings. The average Bonchev–Trinajstić information content (AvgIpc) is 3.40.